The number of carbonyl (C=O) groups is 2. The molecule has 0 heterocycles. The molecule has 0 saturated heterocycles. The summed E-state index contributed by atoms with van der Waals surface area (Å²) in [6.07, 6.45) is -0.979. The van der Waals surface area contributed by atoms with Crippen molar-refractivity contribution in [3.05, 3.63) is 35.9 Å². The van der Waals surface area contributed by atoms with Crippen LogP contribution in [0.3, 0.4) is 0 Å². The minimum Gasteiger partial charge on any atom is -0.460 e. The molecule has 1 aromatic carbocycles. The first-order valence-electron chi connectivity index (χ1n) is 6.89. The Morgan fingerprint density at radius 3 is 2.45 bits per heavy atom. The summed E-state index contributed by atoms with van der Waals surface area (Å²) >= 11 is 0. The average Bonchev–Trinajstić information content (AvgIpc) is 2.43. The summed E-state index contributed by atoms with van der Waals surface area (Å²) in [4.78, 5) is 23.2. The number of nitrogens with one attached hydrogen (secondary N) is 1. The third kappa shape index (κ3) is 7.29. The van der Waals surface area contributed by atoms with E-state index in [0.29, 0.717) is 0 Å². The second-order valence-corrected chi connectivity index (χ2v) is 5.68. The maximum absolute atomic E-state index is 11.6. The van der Waals surface area contributed by atoms with Gasteiger partial charge in [-0.3, -0.25) is 4.79 Å². The van der Waals surface area contributed by atoms with E-state index in [1.165, 1.54) is 0 Å². The maximum atomic E-state index is 11.6. The summed E-state index contributed by atoms with van der Waals surface area (Å²) in [5.41, 5.74) is 0.198. The molecule has 118 valence electrons. The van der Waals surface area contributed by atoms with Crippen molar-refractivity contribution in [3.8, 4) is 6.07 Å². The Balaban J connectivity index is 2.40. The fraction of sp³-hybridized carbons (Fsp3) is 0.438. The molecule has 0 aliphatic rings. The highest BCUT2D eigenvalue weighted by Crippen LogP contribution is 2.09. The van der Waals surface area contributed by atoms with E-state index in [0.717, 1.165) is 5.56 Å². The van der Waals surface area contributed by atoms with Gasteiger partial charge in [-0.15, -0.1) is 0 Å². The van der Waals surface area contributed by atoms with Crippen LogP contribution in [0.5, 0.6) is 0 Å². The molecular formula is C16H20N2O4. The van der Waals surface area contributed by atoms with Crippen molar-refractivity contribution >= 4 is 12.1 Å². The topological polar surface area (TPSA) is 88.4 Å². The Hall–Kier alpha value is -2.55. The molecule has 0 aliphatic carbocycles. The summed E-state index contributed by atoms with van der Waals surface area (Å²) in [7, 11) is 0. The standard InChI is InChI=1S/C16H20N2O4/c1-16(2,3)22-14(19)9-13(10-17)18-15(20)21-11-12-7-5-4-6-8-12/h4-8,13H,9,11H2,1-3H3,(H,18,20). The highest BCUT2D eigenvalue weighted by molar-refractivity contribution is 5.73. The van der Waals surface area contributed by atoms with Crippen LogP contribution < -0.4 is 5.32 Å². The number of nitrogens with zero attached hydrogens (tertiary/aromatic N) is 1. The summed E-state index contributed by atoms with van der Waals surface area (Å²) in [5.74, 6) is -0.553. The van der Waals surface area contributed by atoms with E-state index in [2.05, 4.69) is 5.32 Å². The number of benzene rings is 1. The third-order valence-electron chi connectivity index (χ3n) is 2.45. The number of ether oxygens (including phenoxy) is 2. The Labute approximate surface area is 130 Å². The molecule has 0 saturated carbocycles. The lowest BCUT2D eigenvalue weighted by Crippen LogP contribution is -2.37. The summed E-state index contributed by atoms with van der Waals surface area (Å²) in [6.45, 7) is 5.28. The molecule has 22 heavy (non-hydrogen) atoms. The lowest BCUT2D eigenvalue weighted by atomic mass is 10.2. The van der Waals surface area contributed by atoms with Crippen molar-refractivity contribution in [2.45, 2.75) is 45.4 Å². The molecule has 6 heteroatoms. The van der Waals surface area contributed by atoms with Crippen LogP contribution >= 0.6 is 0 Å². The van der Waals surface area contributed by atoms with E-state index in [1.807, 2.05) is 36.4 Å². The number of hydrogen-bond acceptors (Lipinski definition) is 5. The minimum absolute atomic E-state index is 0.0945. The molecule has 1 N–H and O–H groups in total. The third-order valence-corrected chi connectivity index (χ3v) is 2.45. The second-order valence-electron chi connectivity index (χ2n) is 5.68. The van der Waals surface area contributed by atoms with Gasteiger partial charge in [-0.2, -0.15) is 5.26 Å². The van der Waals surface area contributed by atoms with E-state index in [-0.39, 0.29) is 13.0 Å². The Morgan fingerprint density at radius 1 is 1.27 bits per heavy atom. The molecule has 1 atom stereocenters. The van der Waals surface area contributed by atoms with Crippen LogP contribution in [0, 0.1) is 11.3 Å². The van der Waals surface area contributed by atoms with Crippen LogP contribution in [0.25, 0.3) is 0 Å². The predicted octanol–water partition coefficient (Wildman–Crippen LogP) is 2.54. The molecular weight excluding hydrogens is 284 g/mol. The number of esters is 1. The summed E-state index contributed by atoms with van der Waals surface area (Å²) in [6, 6.07) is 10.00. The van der Waals surface area contributed by atoms with Gasteiger partial charge in [-0.1, -0.05) is 30.3 Å². The molecule has 1 rings (SSSR count). The predicted molar refractivity (Wildman–Crippen MR) is 79.6 cm³/mol. The van der Waals surface area contributed by atoms with Gasteiger partial charge in [0.25, 0.3) is 0 Å². The van der Waals surface area contributed by atoms with Gasteiger partial charge in [0.1, 0.15) is 18.2 Å². The Morgan fingerprint density at radius 2 is 1.91 bits per heavy atom. The zero-order valence-electron chi connectivity index (χ0n) is 13.0. The molecule has 1 amide bonds. The number of hydrogen-bond donors (Lipinski definition) is 1. The van der Waals surface area contributed by atoms with E-state index in [4.69, 9.17) is 14.7 Å². The first-order chi connectivity index (χ1) is 10.3. The summed E-state index contributed by atoms with van der Waals surface area (Å²) in [5, 5.41) is 11.3. The summed E-state index contributed by atoms with van der Waals surface area (Å²) < 4.78 is 10.1. The van der Waals surface area contributed by atoms with Gasteiger partial charge in [0.15, 0.2) is 0 Å². The fourth-order valence-electron chi connectivity index (χ4n) is 1.59. The lowest BCUT2D eigenvalue weighted by Gasteiger charge is -2.20. The van der Waals surface area contributed by atoms with Gasteiger partial charge in [0.2, 0.25) is 0 Å². The minimum atomic E-state index is -0.988. The van der Waals surface area contributed by atoms with Gasteiger partial charge >= 0.3 is 12.1 Å². The second kappa shape index (κ2) is 8.03. The van der Waals surface area contributed by atoms with Crippen LogP contribution in [0.4, 0.5) is 4.79 Å². The number of alkyl carbamates (subject to hydrolysis) is 1. The maximum Gasteiger partial charge on any atom is 0.408 e. The van der Waals surface area contributed by atoms with Crippen molar-refractivity contribution < 1.29 is 19.1 Å². The fourth-order valence-corrected chi connectivity index (χ4v) is 1.59. The zero-order valence-corrected chi connectivity index (χ0v) is 13.0. The van der Waals surface area contributed by atoms with Crippen molar-refractivity contribution in [1.82, 2.24) is 5.32 Å². The van der Waals surface area contributed by atoms with E-state index in [9.17, 15) is 9.59 Å². The number of carbonyl (C=O) groups excluding carboxylic acids is 2. The van der Waals surface area contributed by atoms with Crippen LogP contribution in [-0.4, -0.2) is 23.7 Å². The lowest BCUT2D eigenvalue weighted by molar-refractivity contribution is -0.155. The van der Waals surface area contributed by atoms with Crippen molar-refractivity contribution in [1.29, 1.82) is 5.26 Å². The van der Waals surface area contributed by atoms with E-state index < -0.39 is 23.7 Å². The van der Waals surface area contributed by atoms with E-state index in [1.54, 1.807) is 20.8 Å². The molecule has 0 radical (unpaired) electrons. The monoisotopic (exact) mass is 304 g/mol. The van der Waals surface area contributed by atoms with E-state index >= 15 is 0 Å². The normalized spacial score (nSPS) is 11.9. The van der Waals surface area contributed by atoms with Crippen LogP contribution in [0.15, 0.2) is 30.3 Å². The van der Waals surface area contributed by atoms with Gasteiger partial charge < -0.3 is 14.8 Å². The van der Waals surface area contributed by atoms with Crippen molar-refractivity contribution in [3.63, 3.8) is 0 Å². The van der Waals surface area contributed by atoms with Gasteiger partial charge in [0, 0.05) is 0 Å². The molecule has 1 aromatic rings. The van der Waals surface area contributed by atoms with Gasteiger partial charge in [-0.25, -0.2) is 4.79 Å². The van der Waals surface area contributed by atoms with Crippen molar-refractivity contribution in [2.75, 3.05) is 0 Å². The smallest absolute Gasteiger partial charge is 0.408 e. The average molecular weight is 304 g/mol. The molecule has 1 unspecified atom stereocenters. The van der Waals surface area contributed by atoms with Crippen LogP contribution in [0.2, 0.25) is 0 Å². The molecule has 6 nitrogen and oxygen atoms in total. The zero-order chi connectivity index (χ0) is 16.6. The number of amides is 1. The first-order valence-corrected chi connectivity index (χ1v) is 6.89. The SMILES string of the molecule is CC(C)(C)OC(=O)CC(C#N)NC(=O)OCc1ccccc1. The van der Waals surface area contributed by atoms with Crippen LogP contribution in [0.1, 0.15) is 32.8 Å². The highest BCUT2D eigenvalue weighted by Gasteiger charge is 2.21. The highest BCUT2D eigenvalue weighted by atomic mass is 16.6. The van der Waals surface area contributed by atoms with Gasteiger partial charge in [-0.05, 0) is 26.3 Å². The number of rotatable bonds is 5. The largest absolute Gasteiger partial charge is 0.460 e. The van der Waals surface area contributed by atoms with Gasteiger partial charge in [0.05, 0.1) is 12.5 Å². The number of nitriles is 1. The first kappa shape index (κ1) is 17.5. The van der Waals surface area contributed by atoms with Crippen LogP contribution in [-0.2, 0) is 20.9 Å². The molecule has 0 fully saturated rings. The van der Waals surface area contributed by atoms with Crippen molar-refractivity contribution in [2.24, 2.45) is 0 Å². The molecule has 0 aromatic heterocycles. The molecule has 0 bridgehead atoms. The molecule has 0 spiro atoms. The quantitative estimate of drug-likeness (QED) is 0.844. The Kier molecular flexibility index (Phi) is 6.39. The molecule has 0 aliphatic heterocycles. The Bertz CT molecular complexity index is 544.